The van der Waals surface area contributed by atoms with Crippen molar-refractivity contribution in [3.63, 3.8) is 0 Å². The van der Waals surface area contributed by atoms with Gasteiger partial charge in [0.05, 0.1) is 12.7 Å². The van der Waals surface area contributed by atoms with Gasteiger partial charge in [-0.1, -0.05) is 24.3 Å². The second-order valence-corrected chi connectivity index (χ2v) is 7.14. The number of rotatable bonds is 9. The normalized spacial score (nSPS) is 10.7. The Labute approximate surface area is 154 Å². The molecule has 134 valence electrons. The molecule has 4 heteroatoms. The number of hydrogen-bond acceptors (Lipinski definition) is 4. The van der Waals surface area contributed by atoms with Gasteiger partial charge in [-0.25, -0.2) is 0 Å². The summed E-state index contributed by atoms with van der Waals surface area (Å²) in [5, 5.41) is 0. The lowest BCUT2D eigenvalue weighted by Gasteiger charge is -2.11. The van der Waals surface area contributed by atoms with Gasteiger partial charge >= 0.3 is 5.97 Å². The fourth-order valence-corrected chi connectivity index (χ4v) is 3.26. The van der Waals surface area contributed by atoms with Crippen LogP contribution in [0.25, 0.3) is 11.1 Å². The van der Waals surface area contributed by atoms with Crippen molar-refractivity contribution < 1.29 is 14.3 Å². The number of carbonyl (C=O) groups excluding carboxylic acids is 1. The smallest absolute Gasteiger partial charge is 0.305 e. The molecule has 2 rings (SSSR count). The molecular formula is C21H26O3S. The highest BCUT2D eigenvalue weighted by molar-refractivity contribution is 7.99. The van der Waals surface area contributed by atoms with E-state index in [2.05, 4.69) is 36.4 Å². The van der Waals surface area contributed by atoms with Gasteiger partial charge in [0.1, 0.15) is 5.75 Å². The second kappa shape index (κ2) is 10.1. The fourth-order valence-electron chi connectivity index (χ4n) is 2.40. The Bertz CT molecular complexity index is 665. The van der Waals surface area contributed by atoms with Crippen LogP contribution in [0.5, 0.6) is 5.75 Å². The van der Waals surface area contributed by atoms with E-state index in [1.165, 1.54) is 10.5 Å². The third-order valence-electron chi connectivity index (χ3n) is 3.49. The largest absolute Gasteiger partial charge is 0.491 e. The molecule has 0 aliphatic rings. The molecule has 0 saturated carbocycles. The Morgan fingerprint density at radius 3 is 2.52 bits per heavy atom. The number of carbonyl (C=O) groups is 1. The Morgan fingerprint density at radius 2 is 1.84 bits per heavy atom. The second-order valence-electron chi connectivity index (χ2n) is 5.98. The molecule has 0 amide bonds. The monoisotopic (exact) mass is 358 g/mol. The summed E-state index contributed by atoms with van der Waals surface area (Å²) >= 11 is 1.76. The molecule has 0 bridgehead atoms. The van der Waals surface area contributed by atoms with Crippen LogP contribution in [0.4, 0.5) is 0 Å². The number of ether oxygens (including phenoxy) is 2. The van der Waals surface area contributed by atoms with Crippen LogP contribution >= 0.6 is 11.8 Å². The lowest BCUT2D eigenvalue weighted by Crippen LogP contribution is -2.05. The first-order chi connectivity index (χ1) is 12.1. The molecule has 2 aromatic carbocycles. The first-order valence-corrected chi connectivity index (χ1v) is 9.72. The van der Waals surface area contributed by atoms with Gasteiger partial charge in [-0.05, 0) is 68.3 Å². The van der Waals surface area contributed by atoms with E-state index in [-0.39, 0.29) is 12.1 Å². The van der Waals surface area contributed by atoms with Crippen LogP contribution in [-0.4, -0.2) is 24.4 Å². The zero-order valence-electron chi connectivity index (χ0n) is 15.2. The van der Waals surface area contributed by atoms with E-state index in [0.717, 1.165) is 23.5 Å². The highest BCUT2D eigenvalue weighted by Gasteiger charge is 2.04. The van der Waals surface area contributed by atoms with Gasteiger partial charge in [0.25, 0.3) is 0 Å². The molecule has 0 unspecified atom stereocenters. The average Bonchev–Trinajstić information content (AvgIpc) is 2.59. The third-order valence-corrected chi connectivity index (χ3v) is 4.59. The van der Waals surface area contributed by atoms with Gasteiger partial charge < -0.3 is 9.47 Å². The first-order valence-electron chi connectivity index (χ1n) is 8.74. The minimum atomic E-state index is -0.109. The number of esters is 1. The van der Waals surface area contributed by atoms with Crippen LogP contribution in [0, 0.1) is 0 Å². The Morgan fingerprint density at radius 1 is 1.08 bits per heavy atom. The molecular weight excluding hydrogens is 332 g/mol. The Kier molecular flexibility index (Phi) is 7.86. The highest BCUT2D eigenvalue weighted by atomic mass is 32.2. The van der Waals surface area contributed by atoms with E-state index in [0.29, 0.717) is 13.0 Å². The van der Waals surface area contributed by atoms with Crippen molar-refractivity contribution in [3.05, 3.63) is 48.5 Å². The lowest BCUT2D eigenvalue weighted by molar-refractivity contribution is -0.143. The van der Waals surface area contributed by atoms with Gasteiger partial charge in [0, 0.05) is 11.3 Å². The molecule has 3 nitrogen and oxygen atoms in total. The SMILES string of the molecule is CCOC(=O)CCCSc1ccc(-c2cccc(OC(C)C)c2)cc1. The van der Waals surface area contributed by atoms with E-state index < -0.39 is 0 Å². The molecule has 0 aromatic heterocycles. The maximum absolute atomic E-state index is 11.3. The summed E-state index contributed by atoms with van der Waals surface area (Å²) in [6, 6.07) is 16.7. The zero-order chi connectivity index (χ0) is 18.1. The molecule has 2 aromatic rings. The Hall–Kier alpha value is -1.94. The van der Waals surface area contributed by atoms with E-state index in [1.54, 1.807) is 11.8 Å². The summed E-state index contributed by atoms with van der Waals surface area (Å²) in [6.45, 7) is 6.34. The van der Waals surface area contributed by atoms with E-state index in [9.17, 15) is 4.79 Å². The van der Waals surface area contributed by atoms with Crippen LogP contribution < -0.4 is 4.74 Å². The maximum Gasteiger partial charge on any atom is 0.305 e. The first kappa shape index (κ1) is 19.4. The molecule has 0 saturated heterocycles. The highest BCUT2D eigenvalue weighted by Crippen LogP contribution is 2.27. The van der Waals surface area contributed by atoms with Crippen LogP contribution in [-0.2, 0) is 9.53 Å². The van der Waals surface area contributed by atoms with Crippen molar-refractivity contribution in [2.45, 2.75) is 44.6 Å². The van der Waals surface area contributed by atoms with Crippen molar-refractivity contribution in [1.82, 2.24) is 0 Å². The summed E-state index contributed by atoms with van der Waals surface area (Å²) in [5.41, 5.74) is 2.32. The van der Waals surface area contributed by atoms with Crippen LogP contribution in [0.15, 0.2) is 53.4 Å². The van der Waals surface area contributed by atoms with E-state index in [4.69, 9.17) is 9.47 Å². The summed E-state index contributed by atoms with van der Waals surface area (Å²) in [4.78, 5) is 12.5. The van der Waals surface area contributed by atoms with Crippen molar-refractivity contribution in [2.75, 3.05) is 12.4 Å². The van der Waals surface area contributed by atoms with E-state index in [1.807, 2.05) is 32.9 Å². The minimum Gasteiger partial charge on any atom is -0.491 e. The molecule has 0 fully saturated rings. The maximum atomic E-state index is 11.3. The standard InChI is InChI=1S/C21H26O3S/c1-4-23-21(22)9-6-14-25-20-12-10-17(11-13-20)18-7-5-8-19(15-18)24-16(2)3/h5,7-8,10-13,15-16H,4,6,9,14H2,1-3H3. The average molecular weight is 359 g/mol. The lowest BCUT2D eigenvalue weighted by atomic mass is 10.1. The molecule has 0 N–H and O–H groups in total. The van der Waals surface area contributed by atoms with Crippen LogP contribution in [0.2, 0.25) is 0 Å². The number of thioether (sulfide) groups is 1. The quantitative estimate of drug-likeness (QED) is 0.333. The van der Waals surface area contributed by atoms with Gasteiger partial charge in [-0.15, -0.1) is 11.8 Å². The predicted molar refractivity (Wildman–Crippen MR) is 104 cm³/mol. The summed E-state index contributed by atoms with van der Waals surface area (Å²) in [6.07, 6.45) is 1.49. The zero-order valence-corrected chi connectivity index (χ0v) is 16.0. The van der Waals surface area contributed by atoms with E-state index >= 15 is 0 Å². The summed E-state index contributed by atoms with van der Waals surface area (Å²) in [5.74, 6) is 1.70. The van der Waals surface area contributed by atoms with Gasteiger partial charge in [0.15, 0.2) is 0 Å². The van der Waals surface area contributed by atoms with Gasteiger partial charge in [-0.3, -0.25) is 4.79 Å². The minimum absolute atomic E-state index is 0.109. The summed E-state index contributed by atoms with van der Waals surface area (Å²) < 4.78 is 10.7. The molecule has 0 spiro atoms. The molecule has 25 heavy (non-hydrogen) atoms. The Balaban J connectivity index is 1.88. The van der Waals surface area contributed by atoms with Gasteiger partial charge in [-0.2, -0.15) is 0 Å². The molecule has 0 heterocycles. The molecule has 0 aliphatic heterocycles. The van der Waals surface area contributed by atoms with Crippen LogP contribution in [0.1, 0.15) is 33.6 Å². The molecule has 0 radical (unpaired) electrons. The molecule has 0 atom stereocenters. The van der Waals surface area contributed by atoms with Crippen molar-refractivity contribution in [1.29, 1.82) is 0 Å². The topological polar surface area (TPSA) is 35.5 Å². The molecule has 0 aliphatic carbocycles. The van der Waals surface area contributed by atoms with Crippen molar-refractivity contribution in [3.8, 4) is 16.9 Å². The predicted octanol–water partition coefficient (Wildman–Crippen LogP) is 5.58. The number of hydrogen-bond donors (Lipinski definition) is 0. The van der Waals surface area contributed by atoms with Crippen molar-refractivity contribution >= 4 is 17.7 Å². The third kappa shape index (κ3) is 6.83. The van der Waals surface area contributed by atoms with Crippen LogP contribution in [0.3, 0.4) is 0 Å². The fraction of sp³-hybridized carbons (Fsp3) is 0.381. The van der Waals surface area contributed by atoms with Crippen molar-refractivity contribution in [2.24, 2.45) is 0 Å². The van der Waals surface area contributed by atoms with Gasteiger partial charge in [0.2, 0.25) is 0 Å². The number of benzene rings is 2. The summed E-state index contributed by atoms with van der Waals surface area (Å²) in [7, 11) is 0.